The summed E-state index contributed by atoms with van der Waals surface area (Å²) in [6.45, 7) is 6.66. The molecule has 2 N–H and O–H groups in total. The zero-order chi connectivity index (χ0) is 27.4. The summed E-state index contributed by atoms with van der Waals surface area (Å²) in [6.07, 6.45) is 2.64. The minimum Gasteiger partial charge on any atom is -0.493 e. The molecule has 2 heterocycles. The van der Waals surface area contributed by atoms with E-state index in [0.29, 0.717) is 23.0 Å². The first-order chi connectivity index (χ1) is 18.9. The molecule has 0 aliphatic carbocycles. The van der Waals surface area contributed by atoms with Gasteiger partial charge in [-0.3, -0.25) is 9.88 Å². The van der Waals surface area contributed by atoms with Crippen molar-refractivity contribution in [3.05, 3.63) is 83.6 Å². The number of nitrogens with zero attached hydrogens (tertiary/aromatic N) is 2. The van der Waals surface area contributed by atoms with Crippen molar-refractivity contribution in [3.8, 4) is 23.0 Å². The molecule has 5 rings (SSSR count). The summed E-state index contributed by atoms with van der Waals surface area (Å²) in [5, 5.41) is 6.97. The second-order valence-electron chi connectivity index (χ2n) is 9.80. The Labute approximate surface area is 228 Å². The predicted molar refractivity (Wildman–Crippen MR) is 153 cm³/mol. The molecule has 0 bridgehead atoms. The van der Waals surface area contributed by atoms with Gasteiger partial charge >= 0.3 is 6.03 Å². The van der Waals surface area contributed by atoms with Gasteiger partial charge in [0, 0.05) is 49.0 Å². The fourth-order valence-corrected chi connectivity index (χ4v) is 4.98. The van der Waals surface area contributed by atoms with Crippen molar-refractivity contribution in [2.75, 3.05) is 32.6 Å². The molecule has 39 heavy (non-hydrogen) atoms. The molecule has 1 unspecified atom stereocenters. The van der Waals surface area contributed by atoms with Gasteiger partial charge in [-0.1, -0.05) is 30.3 Å². The number of urea groups is 1. The smallest absolute Gasteiger partial charge is 0.319 e. The summed E-state index contributed by atoms with van der Waals surface area (Å²) in [6, 6.07) is 19.6. The van der Waals surface area contributed by atoms with Crippen LogP contribution in [0.2, 0.25) is 0 Å². The minimum atomic E-state index is -0.195. The van der Waals surface area contributed by atoms with Crippen LogP contribution in [0.5, 0.6) is 23.0 Å². The fraction of sp³-hybridized carbons (Fsp3) is 0.290. The average molecular weight is 527 g/mol. The molecule has 4 aromatic rings. The van der Waals surface area contributed by atoms with Gasteiger partial charge in [-0.25, -0.2) is 4.79 Å². The highest BCUT2D eigenvalue weighted by Gasteiger charge is 2.24. The van der Waals surface area contributed by atoms with E-state index in [-0.39, 0.29) is 12.1 Å². The number of amides is 2. The molecular weight excluding hydrogens is 492 g/mol. The van der Waals surface area contributed by atoms with Gasteiger partial charge in [0.25, 0.3) is 0 Å². The average Bonchev–Trinajstić information content (AvgIpc) is 3.38. The van der Waals surface area contributed by atoms with Gasteiger partial charge in [0.15, 0.2) is 11.5 Å². The van der Waals surface area contributed by atoms with Crippen molar-refractivity contribution in [3.63, 3.8) is 0 Å². The van der Waals surface area contributed by atoms with E-state index in [2.05, 4.69) is 44.8 Å². The summed E-state index contributed by atoms with van der Waals surface area (Å²) >= 11 is 0. The third-order valence-corrected chi connectivity index (χ3v) is 7.27. The van der Waals surface area contributed by atoms with E-state index in [0.717, 1.165) is 53.8 Å². The lowest BCUT2D eigenvalue weighted by Crippen LogP contribution is -2.39. The second-order valence-corrected chi connectivity index (χ2v) is 9.80. The van der Waals surface area contributed by atoms with Crippen molar-refractivity contribution in [1.29, 1.82) is 0 Å². The molecule has 3 aromatic carbocycles. The van der Waals surface area contributed by atoms with Gasteiger partial charge in [-0.2, -0.15) is 0 Å². The third-order valence-electron chi connectivity index (χ3n) is 7.27. The predicted octanol–water partition coefficient (Wildman–Crippen LogP) is 6.06. The number of methoxy groups -OCH3 is 2. The van der Waals surface area contributed by atoms with Crippen LogP contribution in [-0.2, 0) is 6.54 Å². The van der Waals surface area contributed by atoms with Crippen LogP contribution in [0.1, 0.15) is 23.1 Å². The first kappa shape index (κ1) is 26.3. The Balaban J connectivity index is 1.24. The summed E-state index contributed by atoms with van der Waals surface area (Å²) in [7, 11) is 3.20. The zero-order valence-electron chi connectivity index (χ0n) is 22.8. The quantitative estimate of drug-likeness (QED) is 0.290. The Bertz CT molecular complexity index is 1470. The van der Waals surface area contributed by atoms with Crippen LogP contribution in [0.3, 0.4) is 0 Å². The largest absolute Gasteiger partial charge is 0.493 e. The van der Waals surface area contributed by atoms with Gasteiger partial charge in [-0.05, 0) is 61.2 Å². The number of nitrogens with one attached hydrogen (secondary N) is 2. The normalized spacial score (nSPS) is 15.2. The lowest BCUT2D eigenvalue weighted by Gasteiger charge is -2.19. The Hall–Kier alpha value is -4.30. The maximum absolute atomic E-state index is 12.8. The Morgan fingerprint density at radius 1 is 0.949 bits per heavy atom. The van der Waals surface area contributed by atoms with Crippen LogP contribution in [0, 0.1) is 13.8 Å². The van der Waals surface area contributed by atoms with E-state index in [1.165, 1.54) is 5.56 Å². The monoisotopic (exact) mass is 526 g/mol. The summed E-state index contributed by atoms with van der Waals surface area (Å²) in [5.74, 6) is 2.57. The number of benzene rings is 3. The SMILES string of the molecule is COc1cc2nccc(Oc3ccc(NC(=O)NC4CCN(Cc5ccccc5)C4)c(C)c3C)c2cc1OC. The molecule has 1 aliphatic heterocycles. The van der Waals surface area contributed by atoms with Crippen molar-refractivity contribution in [1.82, 2.24) is 15.2 Å². The van der Waals surface area contributed by atoms with Crippen LogP contribution in [0.4, 0.5) is 10.5 Å². The Kier molecular flexibility index (Phi) is 7.84. The number of hydrogen-bond acceptors (Lipinski definition) is 6. The van der Waals surface area contributed by atoms with E-state index in [1.54, 1.807) is 20.4 Å². The maximum atomic E-state index is 12.8. The molecule has 8 nitrogen and oxygen atoms in total. The van der Waals surface area contributed by atoms with Gasteiger partial charge in [0.05, 0.1) is 19.7 Å². The van der Waals surface area contributed by atoms with E-state index in [1.807, 2.05) is 50.2 Å². The molecule has 1 aromatic heterocycles. The van der Waals surface area contributed by atoms with Crippen LogP contribution in [-0.4, -0.2) is 49.3 Å². The third kappa shape index (κ3) is 5.91. The van der Waals surface area contributed by atoms with Crippen LogP contribution in [0.25, 0.3) is 10.9 Å². The lowest BCUT2D eigenvalue weighted by molar-refractivity contribution is 0.247. The standard InChI is InChI=1S/C31H34N4O4/c1-20-21(2)27(39-28-12-14-32-26-17-30(38-4)29(37-3)16-24(26)28)11-10-25(20)34-31(36)33-23-13-15-35(19-23)18-22-8-6-5-7-9-22/h5-12,14,16-17,23H,13,15,18-19H2,1-4H3,(H2,33,34,36). The highest BCUT2D eigenvalue weighted by Crippen LogP contribution is 2.38. The summed E-state index contributed by atoms with van der Waals surface area (Å²) < 4.78 is 17.2. The number of ether oxygens (including phenoxy) is 3. The molecule has 2 amide bonds. The number of rotatable bonds is 8. The van der Waals surface area contributed by atoms with Crippen LogP contribution >= 0.6 is 0 Å². The topological polar surface area (TPSA) is 85.0 Å². The first-order valence-electron chi connectivity index (χ1n) is 13.1. The van der Waals surface area contributed by atoms with E-state index >= 15 is 0 Å². The number of carbonyl (C=O) groups excluding carboxylic acids is 1. The number of hydrogen-bond donors (Lipinski definition) is 2. The van der Waals surface area contributed by atoms with E-state index in [9.17, 15) is 4.79 Å². The Morgan fingerprint density at radius 3 is 2.49 bits per heavy atom. The number of carbonyl (C=O) groups is 1. The molecular formula is C31H34N4O4. The molecule has 0 spiro atoms. The molecule has 1 saturated heterocycles. The highest BCUT2D eigenvalue weighted by molar-refractivity contribution is 5.91. The van der Waals surface area contributed by atoms with E-state index < -0.39 is 0 Å². The van der Waals surface area contributed by atoms with E-state index in [4.69, 9.17) is 14.2 Å². The number of fused-ring (bicyclic) bond motifs is 1. The number of aromatic nitrogens is 1. The molecule has 1 fully saturated rings. The van der Waals surface area contributed by atoms with Crippen molar-refractivity contribution in [2.24, 2.45) is 0 Å². The van der Waals surface area contributed by atoms with Gasteiger partial charge in [0.1, 0.15) is 11.5 Å². The molecule has 1 aliphatic rings. The molecule has 1 atom stereocenters. The first-order valence-corrected chi connectivity index (χ1v) is 13.1. The number of pyridine rings is 1. The highest BCUT2D eigenvalue weighted by atomic mass is 16.5. The molecule has 8 heteroatoms. The maximum Gasteiger partial charge on any atom is 0.319 e. The summed E-state index contributed by atoms with van der Waals surface area (Å²) in [5.41, 5.74) is 4.66. The minimum absolute atomic E-state index is 0.119. The molecule has 202 valence electrons. The van der Waals surface area contributed by atoms with Crippen molar-refractivity contribution < 1.29 is 19.0 Å². The number of likely N-dealkylation sites (tertiary alicyclic amines) is 1. The van der Waals surface area contributed by atoms with Gasteiger partial charge in [0.2, 0.25) is 0 Å². The zero-order valence-corrected chi connectivity index (χ0v) is 22.8. The second kappa shape index (κ2) is 11.6. The lowest BCUT2D eigenvalue weighted by atomic mass is 10.1. The van der Waals surface area contributed by atoms with Crippen LogP contribution in [0.15, 0.2) is 66.9 Å². The fourth-order valence-electron chi connectivity index (χ4n) is 4.98. The van der Waals surface area contributed by atoms with Gasteiger partial charge < -0.3 is 24.8 Å². The van der Waals surface area contributed by atoms with Crippen molar-refractivity contribution in [2.45, 2.75) is 32.9 Å². The summed E-state index contributed by atoms with van der Waals surface area (Å²) in [4.78, 5) is 19.7. The Morgan fingerprint density at radius 2 is 1.72 bits per heavy atom. The number of anilines is 1. The molecule has 0 radical (unpaired) electrons. The molecule has 0 saturated carbocycles. The van der Waals surface area contributed by atoms with Crippen molar-refractivity contribution >= 4 is 22.6 Å². The van der Waals surface area contributed by atoms with Gasteiger partial charge in [-0.15, -0.1) is 0 Å². The van der Waals surface area contributed by atoms with Crippen LogP contribution < -0.4 is 24.8 Å².